The van der Waals surface area contributed by atoms with E-state index in [0.717, 1.165) is 161 Å². The lowest BCUT2D eigenvalue weighted by Crippen LogP contribution is -2.30. The van der Waals surface area contributed by atoms with Crippen LogP contribution in [-0.4, -0.2) is 96.7 Å². The van der Waals surface area contributed by atoms with Crippen molar-refractivity contribution < 1.29 is 80.2 Å². The monoisotopic (exact) mass is 1570 g/mol. The van der Waals surface area contributed by atoms with Crippen LogP contribution in [0.3, 0.4) is 0 Å². The summed E-state index contributed by atoms with van der Waals surface area (Å²) in [5.41, 5.74) is 0. The van der Waals surface area contributed by atoms with Gasteiger partial charge in [0.2, 0.25) is 0 Å². The van der Waals surface area contributed by atoms with Gasteiger partial charge >= 0.3 is 39.5 Å². The largest absolute Gasteiger partial charge is 0.472 e. The van der Waals surface area contributed by atoms with E-state index in [1.54, 1.807) is 0 Å². The maximum Gasteiger partial charge on any atom is 0.472 e. The summed E-state index contributed by atoms with van der Waals surface area (Å²) >= 11 is 0. The van der Waals surface area contributed by atoms with Crippen LogP contribution >= 0.6 is 15.6 Å². The van der Waals surface area contributed by atoms with E-state index in [2.05, 4.69) is 101 Å². The topological polar surface area (TPSA) is 237 Å². The van der Waals surface area contributed by atoms with E-state index in [9.17, 15) is 43.2 Å². The van der Waals surface area contributed by atoms with E-state index in [0.29, 0.717) is 25.7 Å². The second-order valence-electron chi connectivity index (χ2n) is 29.8. The zero-order chi connectivity index (χ0) is 78.9. The fourth-order valence-electron chi connectivity index (χ4n) is 12.4. The Hall–Kier alpha value is -3.50. The molecule has 0 fully saturated rings. The fourth-order valence-corrected chi connectivity index (χ4v) is 14.0. The van der Waals surface area contributed by atoms with Crippen molar-refractivity contribution in [2.45, 2.75) is 431 Å². The minimum atomic E-state index is -4.98. The van der Waals surface area contributed by atoms with Gasteiger partial charge in [0.05, 0.1) is 26.4 Å². The van der Waals surface area contributed by atoms with Crippen LogP contribution in [-0.2, 0) is 65.4 Å². The first kappa shape index (κ1) is 104. The molecule has 17 nitrogen and oxygen atoms in total. The van der Waals surface area contributed by atoms with Crippen LogP contribution in [0.15, 0.2) is 72.9 Å². The Morgan fingerprint density at radius 2 is 0.454 bits per heavy atom. The van der Waals surface area contributed by atoms with E-state index in [-0.39, 0.29) is 25.7 Å². The molecule has 0 bridgehead atoms. The molecule has 19 heteroatoms. The number of phosphoric acid groups is 2. The predicted octanol–water partition coefficient (Wildman–Crippen LogP) is 26.3. The standard InChI is InChI=1S/C89H162O17P2/c1-5-9-13-17-21-25-29-33-37-39-41-43-47-50-54-58-62-66-70-74-87(92)100-80-85(106-89(94)76-72-68-64-60-56-52-48-44-42-40-38-34-30-26-22-18-14-10-6-2)82-104-108(97,98)102-78-83(90)77-101-107(95,96)103-81-84(105-88(93)75-71-67-63-59-55-51-46-36-32-28-24-20-16-12-8-4)79-99-86(91)73-69-65-61-57-53-49-45-35-31-27-23-19-15-11-7-3/h21-22,25-26,33-34,37-38,41-44,83-85,90H,5-20,23-24,27-32,35-36,39-40,45-82H2,1-4H3,(H,95,96)(H,97,98)/b25-21-,26-22-,37-33-,38-34-,43-41-,44-42-. The molecule has 0 aromatic heterocycles. The van der Waals surface area contributed by atoms with Crippen LogP contribution in [0.4, 0.5) is 0 Å². The molecule has 630 valence electrons. The first-order valence-electron chi connectivity index (χ1n) is 44.2. The van der Waals surface area contributed by atoms with Crippen LogP contribution in [0.2, 0.25) is 0 Å². The van der Waals surface area contributed by atoms with E-state index >= 15 is 0 Å². The van der Waals surface area contributed by atoms with Crippen molar-refractivity contribution in [3.8, 4) is 0 Å². The third kappa shape index (κ3) is 80.5. The van der Waals surface area contributed by atoms with Gasteiger partial charge in [0, 0.05) is 25.7 Å². The van der Waals surface area contributed by atoms with Gasteiger partial charge in [0.25, 0.3) is 0 Å². The molecule has 0 aliphatic rings. The Kier molecular flexibility index (Phi) is 78.9. The smallest absolute Gasteiger partial charge is 0.462 e. The second kappa shape index (κ2) is 81.5. The quantitative estimate of drug-likeness (QED) is 0.0169. The molecule has 0 aliphatic heterocycles. The van der Waals surface area contributed by atoms with Crippen LogP contribution in [0.1, 0.15) is 413 Å². The van der Waals surface area contributed by atoms with Gasteiger partial charge in [-0.15, -0.1) is 0 Å². The maximum atomic E-state index is 13.2. The minimum Gasteiger partial charge on any atom is -0.462 e. The van der Waals surface area contributed by atoms with Gasteiger partial charge in [-0.3, -0.25) is 37.3 Å². The Morgan fingerprint density at radius 1 is 0.259 bits per heavy atom. The average Bonchev–Trinajstić information content (AvgIpc) is 0.896. The summed E-state index contributed by atoms with van der Waals surface area (Å²) in [5.74, 6) is -2.16. The maximum absolute atomic E-state index is 13.2. The van der Waals surface area contributed by atoms with Crippen molar-refractivity contribution in [3.63, 3.8) is 0 Å². The van der Waals surface area contributed by atoms with Crippen LogP contribution in [0.5, 0.6) is 0 Å². The van der Waals surface area contributed by atoms with Crippen molar-refractivity contribution in [2.75, 3.05) is 39.6 Å². The molecule has 0 radical (unpaired) electrons. The molecule has 3 N–H and O–H groups in total. The third-order valence-corrected chi connectivity index (χ3v) is 21.1. The van der Waals surface area contributed by atoms with E-state index in [4.69, 9.17) is 37.0 Å². The van der Waals surface area contributed by atoms with Gasteiger partial charge in [-0.2, -0.15) is 0 Å². The Bertz CT molecular complexity index is 2320. The van der Waals surface area contributed by atoms with Gasteiger partial charge in [-0.05, 0) is 103 Å². The van der Waals surface area contributed by atoms with Gasteiger partial charge in [-0.1, -0.05) is 357 Å². The molecule has 0 rings (SSSR count). The molecule has 0 aromatic carbocycles. The highest BCUT2D eigenvalue weighted by Crippen LogP contribution is 2.45. The molecule has 0 saturated carbocycles. The fraction of sp³-hybridized carbons (Fsp3) is 0.820. The molecule has 5 atom stereocenters. The summed E-state index contributed by atoms with van der Waals surface area (Å²) < 4.78 is 68.9. The summed E-state index contributed by atoms with van der Waals surface area (Å²) in [4.78, 5) is 73.3. The van der Waals surface area contributed by atoms with Gasteiger partial charge < -0.3 is 33.8 Å². The SMILES string of the molecule is CCCCC/C=C\C/C=C\C/C=C\CCCCCCCCC(=O)OCC(COP(=O)(O)OCC(O)COP(=O)(O)OCC(COC(=O)CCCCCCCCCCCCCCCCC)OC(=O)CCCCCCCCCCCCCCCCC)OC(=O)CCCCCCCC/C=C\C/C=C\C/C=C\CCCCC. The van der Waals surface area contributed by atoms with Gasteiger partial charge in [0.1, 0.15) is 19.3 Å². The predicted molar refractivity (Wildman–Crippen MR) is 446 cm³/mol. The number of phosphoric ester groups is 2. The molecule has 108 heavy (non-hydrogen) atoms. The Balaban J connectivity index is 5.36. The number of hydrogen-bond donors (Lipinski definition) is 3. The Morgan fingerprint density at radius 3 is 0.713 bits per heavy atom. The van der Waals surface area contributed by atoms with Crippen LogP contribution in [0, 0.1) is 0 Å². The van der Waals surface area contributed by atoms with Crippen molar-refractivity contribution in [1.82, 2.24) is 0 Å². The van der Waals surface area contributed by atoms with Crippen molar-refractivity contribution in [1.29, 1.82) is 0 Å². The zero-order valence-corrected chi connectivity index (χ0v) is 71.1. The zero-order valence-electron chi connectivity index (χ0n) is 69.3. The summed E-state index contributed by atoms with van der Waals surface area (Å²) in [6, 6.07) is 0. The number of carbonyl (C=O) groups is 4. The molecule has 0 aromatic rings. The number of aliphatic hydroxyl groups is 1. The van der Waals surface area contributed by atoms with Gasteiger partial charge in [-0.25, -0.2) is 9.13 Å². The summed E-state index contributed by atoms with van der Waals surface area (Å²) in [6.07, 6.45) is 85.6. The Labute approximate surface area is 660 Å². The molecule has 0 aliphatic carbocycles. The number of esters is 4. The molecule has 0 heterocycles. The number of allylic oxidation sites excluding steroid dienone is 12. The second-order valence-corrected chi connectivity index (χ2v) is 32.8. The lowest BCUT2D eigenvalue weighted by molar-refractivity contribution is -0.161. The number of unbranched alkanes of at least 4 members (excludes halogenated alkanes) is 46. The number of carbonyl (C=O) groups excluding carboxylic acids is 4. The normalized spacial score (nSPS) is 14.1. The van der Waals surface area contributed by atoms with E-state index < -0.39 is 97.5 Å². The lowest BCUT2D eigenvalue weighted by atomic mass is 10.0. The van der Waals surface area contributed by atoms with E-state index in [1.165, 1.54) is 173 Å². The first-order chi connectivity index (χ1) is 52.7. The summed E-state index contributed by atoms with van der Waals surface area (Å²) in [7, 11) is -9.96. The average molecular weight is 1570 g/mol. The molecule has 0 spiro atoms. The highest BCUT2D eigenvalue weighted by molar-refractivity contribution is 7.47. The first-order valence-corrected chi connectivity index (χ1v) is 47.2. The molecule has 5 unspecified atom stereocenters. The van der Waals surface area contributed by atoms with Crippen LogP contribution < -0.4 is 0 Å². The number of rotatable bonds is 84. The highest BCUT2D eigenvalue weighted by Gasteiger charge is 2.30. The molecular weight excluding hydrogens is 1400 g/mol. The molecular formula is C89H162O17P2. The van der Waals surface area contributed by atoms with Gasteiger partial charge in [0.15, 0.2) is 12.2 Å². The molecule has 0 amide bonds. The number of aliphatic hydroxyl groups excluding tert-OH is 1. The van der Waals surface area contributed by atoms with E-state index in [1.807, 2.05) is 0 Å². The number of ether oxygens (including phenoxy) is 4. The van der Waals surface area contributed by atoms with Crippen molar-refractivity contribution in [2.24, 2.45) is 0 Å². The summed E-state index contributed by atoms with van der Waals surface area (Å²) in [6.45, 7) is 4.91. The number of hydrogen-bond acceptors (Lipinski definition) is 15. The van der Waals surface area contributed by atoms with Crippen molar-refractivity contribution >= 4 is 39.5 Å². The third-order valence-electron chi connectivity index (χ3n) is 19.2. The lowest BCUT2D eigenvalue weighted by Gasteiger charge is -2.21. The molecule has 0 saturated heterocycles. The minimum absolute atomic E-state index is 0.0801. The van der Waals surface area contributed by atoms with Crippen molar-refractivity contribution in [3.05, 3.63) is 72.9 Å². The highest BCUT2D eigenvalue weighted by atomic mass is 31.2. The van der Waals surface area contributed by atoms with Crippen LogP contribution in [0.25, 0.3) is 0 Å². The summed E-state index contributed by atoms with van der Waals surface area (Å²) in [5, 5.41) is 10.7.